The summed E-state index contributed by atoms with van der Waals surface area (Å²) < 4.78 is 7.41. The van der Waals surface area contributed by atoms with E-state index in [4.69, 9.17) is 9.73 Å². The van der Waals surface area contributed by atoms with Crippen LogP contribution in [-0.2, 0) is 11.2 Å². The summed E-state index contributed by atoms with van der Waals surface area (Å²) in [6, 6.07) is 10.7. The van der Waals surface area contributed by atoms with Crippen LogP contribution in [0.4, 0.5) is 0 Å². The van der Waals surface area contributed by atoms with Crippen molar-refractivity contribution in [3.63, 3.8) is 0 Å². The molecule has 1 fully saturated rings. The third-order valence-corrected chi connectivity index (χ3v) is 5.46. The highest BCUT2D eigenvalue weighted by Gasteiger charge is 2.16. The molecular weight excluding hydrogens is 503 g/mol. The lowest BCUT2D eigenvalue weighted by Crippen LogP contribution is -2.44. The zero-order chi connectivity index (χ0) is 21.2. The molecule has 7 nitrogen and oxygen atoms in total. The Labute approximate surface area is 203 Å². The fraction of sp³-hybridized carbons (Fsp3) is 0.565. The molecule has 1 aromatic heterocycles. The van der Waals surface area contributed by atoms with Crippen LogP contribution >= 0.6 is 24.0 Å². The number of aryl methyl sites for hydroxylation is 2. The molecule has 1 aliphatic rings. The van der Waals surface area contributed by atoms with Crippen molar-refractivity contribution in [2.24, 2.45) is 4.99 Å². The van der Waals surface area contributed by atoms with E-state index < -0.39 is 0 Å². The van der Waals surface area contributed by atoms with E-state index in [0.717, 1.165) is 76.1 Å². The molecule has 8 heteroatoms. The minimum atomic E-state index is 0. The van der Waals surface area contributed by atoms with Gasteiger partial charge in [0.05, 0.1) is 31.1 Å². The van der Waals surface area contributed by atoms with E-state index in [-0.39, 0.29) is 24.0 Å². The monoisotopic (exact) mass is 540 g/mol. The van der Waals surface area contributed by atoms with Crippen molar-refractivity contribution in [3.05, 3.63) is 47.8 Å². The minimum Gasteiger partial charge on any atom is -0.379 e. The molecule has 1 saturated heterocycles. The number of benzene rings is 1. The number of para-hydroxylation sites is 1. The van der Waals surface area contributed by atoms with Crippen molar-refractivity contribution in [1.29, 1.82) is 0 Å². The van der Waals surface area contributed by atoms with Gasteiger partial charge >= 0.3 is 0 Å². The van der Waals surface area contributed by atoms with Crippen LogP contribution in [0.25, 0.3) is 5.69 Å². The molecule has 1 unspecified atom stereocenters. The molecule has 0 saturated carbocycles. The second-order valence-electron chi connectivity index (χ2n) is 7.77. The Balaban J connectivity index is 0.00000341. The fourth-order valence-electron chi connectivity index (χ4n) is 3.64. The summed E-state index contributed by atoms with van der Waals surface area (Å²) >= 11 is 0. The highest BCUT2D eigenvalue weighted by molar-refractivity contribution is 14.0. The zero-order valence-electron chi connectivity index (χ0n) is 19.0. The molecule has 1 atom stereocenters. The van der Waals surface area contributed by atoms with Gasteiger partial charge in [-0.3, -0.25) is 9.89 Å². The first-order valence-corrected chi connectivity index (χ1v) is 11.1. The molecule has 0 amide bonds. The number of aromatic nitrogens is 2. The van der Waals surface area contributed by atoms with Crippen molar-refractivity contribution < 1.29 is 4.74 Å². The van der Waals surface area contributed by atoms with Gasteiger partial charge in [-0.15, -0.1) is 24.0 Å². The van der Waals surface area contributed by atoms with Gasteiger partial charge in [0.2, 0.25) is 0 Å². The van der Waals surface area contributed by atoms with Gasteiger partial charge in [0, 0.05) is 38.4 Å². The number of guanidine groups is 1. The number of halogens is 1. The maximum atomic E-state index is 5.44. The second kappa shape index (κ2) is 13.7. The maximum absolute atomic E-state index is 5.44. The number of nitrogens with one attached hydrogen (secondary N) is 2. The molecule has 0 aliphatic carbocycles. The van der Waals surface area contributed by atoms with Crippen LogP contribution in [0.1, 0.15) is 31.5 Å². The first-order valence-electron chi connectivity index (χ1n) is 11.1. The Bertz CT molecular complexity index is 789. The van der Waals surface area contributed by atoms with E-state index >= 15 is 0 Å². The van der Waals surface area contributed by atoms with Gasteiger partial charge in [0.1, 0.15) is 0 Å². The van der Waals surface area contributed by atoms with E-state index in [9.17, 15) is 0 Å². The third kappa shape index (κ3) is 8.08. The highest BCUT2D eigenvalue weighted by atomic mass is 127. The molecule has 0 bridgehead atoms. The van der Waals surface area contributed by atoms with Crippen LogP contribution in [0.2, 0.25) is 0 Å². The number of nitrogens with zero attached hydrogens (tertiary/aromatic N) is 4. The number of aliphatic imine (C=N–C) groups is 1. The number of hydrogen-bond donors (Lipinski definition) is 2. The topological polar surface area (TPSA) is 66.7 Å². The first-order chi connectivity index (χ1) is 14.7. The lowest BCUT2D eigenvalue weighted by atomic mass is 10.1. The molecule has 2 aromatic rings. The number of ether oxygens (including phenoxy) is 1. The Morgan fingerprint density at radius 1 is 1.19 bits per heavy atom. The van der Waals surface area contributed by atoms with Gasteiger partial charge in [0.15, 0.2) is 5.96 Å². The summed E-state index contributed by atoms with van der Waals surface area (Å²) in [6.07, 6.45) is 4.17. The van der Waals surface area contributed by atoms with Crippen LogP contribution in [-0.4, -0.2) is 72.6 Å². The first kappa shape index (κ1) is 25.6. The molecule has 172 valence electrons. The van der Waals surface area contributed by atoms with Gasteiger partial charge in [-0.25, -0.2) is 4.68 Å². The molecule has 1 aromatic carbocycles. The molecule has 1 aliphatic heterocycles. The van der Waals surface area contributed by atoms with E-state index in [1.165, 1.54) is 5.56 Å². The van der Waals surface area contributed by atoms with Gasteiger partial charge in [-0.1, -0.05) is 18.2 Å². The summed E-state index contributed by atoms with van der Waals surface area (Å²) in [7, 11) is 0. The third-order valence-electron chi connectivity index (χ3n) is 5.46. The van der Waals surface area contributed by atoms with Crippen molar-refractivity contribution in [2.75, 3.05) is 45.9 Å². The quantitative estimate of drug-likeness (QED) is 0.222. The molecule has 0 radical (unpaired) electrons. The van der Waals surface area contributed by atoms with E-state index in [2.05, 4.69) is 59.7 Å². The van der Waals surface area contributed by atoms with Crippen LogP contribution in [0.5, 0.6) is 0 Å². The average molecular weight is 540 g/mol. The van der Waals surface area contributed by atoms with Crippen molar-refractivity contribution in [3.8, 4) is 5.69 Å². The average Bonchev–Trinajstić information content (AvgIpc) is 3.16. The SMILES string of the molecule is CCNC(=NCC(C)N1CCOCC1)NCCCc1cn(-c2ccccc2)nc1C.I. The van der Waals surface area contributed by atoms with Crippen molar-refractivity contribution in [1.82, 2.24) is 25.3 Å². The summed E-state index contributed by atoms with van der Waals surface area (Å²) in [5, 5.41) is 11.5. The zero-order valence-corrected chi connectivity index (χ0v) is 21.3. The maximum Gasteiger partial charge on any atom is 0.191 e. The van der Waals surface area contributed by atoms with E-state index in [1.54, 1.807) is 0 Å². The van der Waals surface area contributed by atoms with Crippen LogP contribution in [0, 0.1) is 6.92 Å². The van der Waals surface area contributed by atoms with Gasteiger partial charge in [-0.2, -0.15) is 5.10 Å². The molecular formula is C23H37IN6O. The normalized spacial score (nSPS) is 15.9. The number of rotatable bonds is 9. The predicted molar refractivity (Wildman–Crippen MR) is 138 cm³/mol. The van der Waals surface area contributed by atoms with Crippen LogP contribution < -0.4 is 10.6 Å². The van der Waals surface area contributed by atoms with Gasteiger partial charge < -0.3 is 15.4 Å². The summed E-state index contributed by atoms with van der Waals surface area (Å²) in [6.45, 7) is 12.6. The standard InChI is InChI=1S/C23H36N6O.HI/c1-4-24-23(26-17-19(2)28-13-15-30-16-14-28)25-12-8-9-21-18-29(27-20(21)3)22-10-6-5-7-11-22;/h5-7,10-11,18-19H,4,8-9,12-17H2,1-3H3,(H2,24,25,26);1H. The van der Waals surface area contributed by atoms with E-state index in [0.29, 0.717) is 6.04 Å². The Hall–Kier alpha value is -1.65. The minimum absolute atomic E-state index is 0. The molecule has 31 heavy (non-hydrogen) atoms. The lowest BCUT2D eigenvalue weighted by Gasteiger charge is -2.31. The number of morpholine rings is 1. The summed E-state index contributed by atoms with van der Waals surface area (Å²) in [5.74, 6) is 0.898. The summed E-state index contributed by atoms with van der Waals surface area (Å²) in [4.78, 5) is 7.24. The molecule has 0 spiro atoms. The Kier molecular flexibility index (Phi) is 11.3. The number of hydrogen-bond acceptors (Lipinski definition) is 4. The smallest absolute Gasteiger partial charge is 0.191 e. The van der Waals surface area contributed by atoms with Gasteiger partial charge in [0.25, 0.3) is 0 Å². The van der Waals surface area contributed by atoms with Crippen molar-refractivity contribution >= 4 is 29.9 Å². The van der Waals surface area contributed by atoms with Crippen LogP contribution in [0.3, 0.4) is 0 Å². The van der Waals surface area contributed by atoms with Gasteiger partial charge in [-0.05, 0) is 51.3 Å². The summed E-state index contributed by atoms with van der Waals surface area (Å²) in [5.41, 5.74) is 3.49. The lowest BCUT2D eigenvalue weighted by molar-refractivity contribution is 0.0220. The fourth-order valence-corrected chi connectivity index (χ4v) is 3.64. The molecule has 3 rings (SSSR count). The van der Waals surface area contributed by atoms with E-state index in [1.807, 2.05) is 22.9 Å². The Morgan fingerprint density at radius 2 is 1.94 bits per heavy atom. The largest absolute Gasteiger partial charge is 0.379 e. The van der Waals surface area contributed by atoms with Crippen molar-refractivity contribution in [2.45, 2.75) is 39.7 Å². The molecule has 2 N–H and O–H groups in total. The highest BCUT2D eigenvalue weighted by Crippen LogP contribution is 2.13. The predicted octanol–water partition coefficient (Wildman–Crippen LogP) is 3.01. The molecule has 2 heterocycles. The van der Waals surface area contributed by atoms with Crippen LogP contribution in [0.15, 0.2) is 41.5 Å². The Morgan fingerprint density at radius 3 is 2.65 bits per heavy atom. The second-order valence-corrected chi connectivity index (χ2v) is 7.77.